The molecule has 2 aromatic rings. The molecule has 3 rings (SSSR count). The van der Waals surface area contributed by atoms with Gasteiger partial charge in [-0.25, -0.2) is 9.66 Å². The van der Waals surface area contributed by atoms with E-state index >= 15 is 0 Å². The van der Waals surface area contributed by atoms with Crippen LogP contribution in [0.4, 0.5) is 0 Å². The monoisotopic (exact) mass is 305 g/mol. The number of para-hydroxylation sites is 1. The van der Waals surface area contributed by atoms with Gasteiger partial charge in [-0.05, 0) is 45.2 Å². The van der Waals surface area contributed by atoms with Gasteiger partial charge in [-0.3, -0.25) is 4.79 Å². The topological polar surface area (TPSA) is 38.1 Å². The third-order valence-electron chi connectivity index (χ3n) is 4.32. The zero-order chi connectivity index (χ0) is 15.0. The number of hydrogen-bond donors (Lipinski definition) is 0. The molecular weight excluding hydrogens is 286 g/mol. The minimum atomic E-state index is -0.0168. The van der Waals surface area contributed by atoms with Crippen LogP contribution in [0, 0.1) is 0 Å². The average molecular weight is 306 g/mol. The molecule has 2 heterocycles. The molecule has 1 aromatic carbocycles. The summed E-state index contributed by atoms with van der Waals surface area (Å²) in [5, 5.41) is 2.81. The maximum atomic E-state index is 12.9. The van der Waals surface area contributed by atoms with E-state index in [0.29, 0.717) is 28.8 Å². The normalized spacial score (nSPS) is 22.7. The molecule has 0 bridgehead atoms. The first-order valence-corrected chi connectivity index (χ1v) is 8.02. The summed E-state index contributed by atoms with van der Waals surface area (Å²) >= 11 is 6.07. The second kappa shape index (κ2) is 5.68. The van der Waals surface area contributed by atoms with Crippen molar-refractivity contribution >= 4 is 22.5 Å². The lowest BCUT2D eigenvalue weighted by atomic mass is 10.00. The van der Waals surface area contributed by atoms with E-state index in [1.807, 2.05) is 24.3 Å². The number of rotatable bonds is 2. The highest BCUT2D eigenvalue weighted by molar-refractivity contribution is 6.16. The summed E-state index contributed by atoms with van der Waals surface area (Å²) in [6.45, 7) is 4.32. The lowest BCUT2D eigenvalue weighted by molar-refractivity contribution is 0.325. The minimum absolute atomic E-state index is 0.0168. The molecular formula is C16H20ClN3O. The smallest absolute Gasteiger partial charge is 0.280 e. The Morgan fingerprint density at radius 3 is 2.57 bits per heavy atom. The van der Waals surface area contributed by atoms with Crippen molar-refractivity contribution < 1.29 is 0 Å². The summed E-state index contributed by atoms with van der Waals surface area (Å²) in [5.74, 6) is 0.858. The van der Waals surface area contributed by atoms with Gasteiger partial charge in [0.05, 0.1) is 16.8 Å². The number of halogens is 1. The van der Waals surface area contributed by atoms with Crippen molar-refractivity contribution in [3.05, 3.63) is 40.4 Å². The van der Waals surface area contributed by atoms with Crippen molar-refractivity contribution in [2.24, 2.45) is 0 Å². The zero-order valence-electron chi connectivity index (χ0n) is 12.4. The Hall–Kier alpha value is -1.55. The fourth-order valence-corrected chi connectivity index (χ4v) is 3.47. The number of fused-ring (bicyclic) bond motifs is 1. The van der Waals surface area contributed by atoms with E-state index in [4.69, 9.17) is 11.6 Å². The average Bonchev–Trinajstić information content (AvgIpc) is 2.49. The first-order chi connectivity index (χ1) is 10.1. The Morgan fingerprint density at radius 2 is 1.90 bits per heavy atom. The Kier molecular flexibility index (Phi) is 3.89. The van der Waals surface area contributed by atoms with E-state index in [1.54, 1.807) is 4.68 Å². The van der Waals surface area contributed by atoms with Gasteiger partial charge in [0.25, 0.3) is 5.56 Å². The SMILES string of the molecule is CC1CCCC(C)N1n1c(CCl)nc2ccccc2c1=O. The fraction of sp³-hybridized carbons (Fsp3) is 0.500. The molecule has 2 atom stereocenters. The molecule has 112 valence electrons. The van der Waals surface area contributed by atoms with Crippen molar-refractivity contribution in [2.45, 2.75) is 51.1 Å². The molecule has 1 aliphatic heterocycles. The Bertz CT molecular complexity index is 702. The third-order valence-corrected chi connectivity index (χ3v) is 4.56. The lowest BCUT2D eigenvalue weighted by Crippen LogP contribution is -2.56. The number of nitrogens with zero attached hydrogens (tertiary/aromatic N) is 3. The van der Waals surface area contributed by atoms with Crippen LogP contribution in [0.5, 0.6) is 0 Å². The molecule has 21 heavy (non-hydrogen) atoms. The van der Waals surface area contributed by atoms with Gasteiger partial charge in [-0.1, -0.05) is 12.1 Å². The van der Waals surface area contributed by atoms with Gasteiger partial charge in [0.1, 0.15) is 5.82 Å². The van der Waals surface area contributed by atoms with Crippen molar-refractivity contribution in [2.75, 3.05) is 5.01 Å². The second-order valence-electron chi connectivity index (χ2n) is 5.80. The van der Waals surface area contributed by atoms with Crippen molar-refractivity contribution in [1.29, 1.82) is 0 Å². The van der Waals surface area contributed by atoms with Gasteiger partial charge in [0, 0.05) is 12.1 Å². The van der Waals surface area contributed by atoms with Gasteiger partial charge in [-0.2, -0.15) is 0 Å². The number of piperidine rings is 1. The number of aromatic nitrogens is 2. The Balaban J connectivity index is 2.25. The summed E-state index contributed by atoms with van der Waals surface area (Å²) in [4.78, 5) is 17.5. The van der Waals surface area contributed by atoms with Crippen LogP contribution in [0.15, 0.2) is 29.1 Å². The standard InChI is InChI=1S/C16H20ClN3O/c1-11-6-5-7-12(2)19(11)20-15(10-17)18-14-9-4-3-8-13(14)16(20)21/h3-4,8-9,11-12H,5-7,10H2,1-2H3. The highest BCUT2D eigenvalue weighted by Crippen LogP contribution is 2.22. The molecule has 0 amide bonds. The maximum absolute atomic E-state index is 12.9. The second-order valence-corrected chi connectivity index (χ2v) is 6.07. The fourth-order valence-electron chi connectivity index (χ4n) is 3.30. The maximum Gasteiger partial charge on any atom is 0.280 e. The first kappa shape index (κ1) is 14.4. The van der Waals surface area contributed by atoms with Gasteiger partial charge in [0.15, 0.2) is 0 Å². The summed E-state index contributed by atoms with van der Waals surface area (Å²) in [7, 11) is 0. The number of benzene rings is 1. The van der Waals surface area contributed by atoms with Crippen LogP contribution < -0.4 is 10.6 Å². The first-order valence-electron chi connectivity index (χ1n) is 7.48. The molecule has 2 unspecified atom stereocenters. The van der Waals surface area contributed by atoms with Crippen molar-refractivity contribution in [1.82, 2.24) is 9.66 Å². The van der Waals surface area contributed by atoms with Gasteiger partial charge in [-0.15, -0.1) is 11.6 Å². The van der Waals surface area contributed by atoms with E-state index in [1.165, 1.54) is 6.42 Å². The largest absolute Gasteiger partial charge is 0.303 e. The molecule has 5 heteroatoms. The predicted molar refractivity (Wildman–Crippen MR) is 86.6 cm³/mol. The van der Waals surface area contributed by atoms with Crippen LogP contribution in [0.3, 0.4) is 0 Å². The van der Waals surface area contributed by atoms with Crippen LogP contribution in [0.25, 0.3) is 10.9 Å². The van der Waals surface area contributed by atoms with E-state index in [9.17, 15) is 4.79 Å². The molecule has 0 radical (unpaired) electrons. The van der Waals surface area contributed by atoms with E-state index in [0.717, 1.165) is 12.8 Å². The number of alkyl halides is 1. The van der Waals surface area contributed by atoms with Crippen LogP contribution in [0.2, 0.25) is 0 Å². The van der Waals surface area contributed by atoms with Crippen LogP contribution in [-0.2, 0) is 5.88 Å². The summed E-state index contributed by atoms with van der Waals surface area (Å²) < 4.78 is 1.71. The minimum Gasteiger partial charge on any atom is -0.303 e. The van der Waals surface area contributed by atoms with Crippen LogP contribution in [-0.4, -0.2) is 21.7 Å². The highest BCUT2D eigenvalue weighted by Gasteiger charge is 2.28. The molecule has 1 aliphatic rings. The van der Waals surface area contributed by atoms with Crippen molar-refractivity contribution in [3.63, 3.8) is 0 Å². The van der Waals surface area contributed by atoms with Crippen LogP contribution in [0.1, 0.15) is 38.9 Å². The third kappa shape index (κ3) is 2.42. The van der Waals surface area contributed by atoms with Crippen LogP contribution >= 0.6 is 11.6 Å². The Labute approximate surface area is 129 Å². The van der Waals surface area contributed by atoms with Crippen molar-refractivity contribution in [3.8, 4) is 0 Å². The van der Waals surface area contributed by atoms with E-state index in [2.05, 4.69) is 23.8 Å². The molecule has 0 aliphatic carbocycles. The van der Waals surface area contributed by atoms with E-state index in [-0.39, 0.29) is 11.4 Å². The summed E-state index contributed by atoms with van der Waals surface area (Å²) in [6.07, 6.45) is 3.38. The van der Waals surface area contributed by atoms with Gasteiger partial charge >= 0.3 is 0 Å². The van der Waals surface area contributed by atoms with Gasteiger partial charge < -0.3 is 5.01 Å². The summed E-state index contributed by atoms with van der Waals surface area (Å²) in [6, 6.07) is 8.09. The molecule has 0 spiro atoms. The molecule has 4 nitrogen and oxygen atoms in total. The molecule has 1 fully saturated rings. The van der Waals surface area contributed by atoms with E-state index < -0.39 is 0 Å². The van der Waals surface area contributed by atoms with Gasteiger partial charge in [0.2, 0.25) is 0 Å². The molecule has 1 aromatic heterocycles. The zero-order valence-corrected chi connectivity index (χ0v) is 13.2. The Morgan fingerprint density at radius 1 is 1.24 bits per heavy atom. The predicted octanol–water partition coefficient (Wildman–Crippen LogP) is 3.03. The number of hydrogen-bond acceptors (Lipinski definition) is 3. The lowest BCUT2D eigenvalue weighted by Gasteiger charge is -2.42. The molecule has 1 saturated heterocycles. The summed E-state index contributed by atoms with van der Waals surface area (Å²) in [5.41, 5.74) is 0.698. The highest BCUT2D eigenvalue weighted by atomic mass is 35.5. The molecule has 0 saturated carbocycles. The quantitative estimate of drug-likeness (QED) is 0.801. The molecule has 0 N–H and O–H groups in total.